The van der Waals surface area contributed by atoms with Crippen molar-refractivity contribution in [1.29, 1.82) is 0 Å². The monoisotopic (exact) mass is 393 g/mol. The molecule has 4 nitrogen and oxygen atoms in total. The maximum absolute atomic E-state index is 12.6. The molecule has 3 rings (SSSR count). The fraction of sp³-hybridized carbons (Fsp3) is 0.765. The Morgan fingerprint density at radius 2 is 1.83 bits per heavy atom. The van der Waals surface area contributed by atoms with Gasteiger partial charge >= 0.3 is 0 Å². The molecule has 0 radical (unpaired) electrons. The van der Waals surface area contributed by atoms with Crippen LogP contribution in [0.2, 0.25) is 0 Å². The molecule has 0 aromatic carbocycles. The fourth-order valence-electron chi connectivity index (χ4n) is 3.47. The number of hydrogen-bond acceptors (Lipinski definition) is 4. The highest BCUT2D eigenvalue weighted by Crippen LogP contribution is 2.28. The molecule has 2 atom stereocenters. The van der Waals surface area contributed by atoms with Gasteiger partial charge in [-0.15, -0.1) is 36.2 Å². The Morgan fingerprint density at radius 1 is 1.25 bits per heavy atom. The smallest absolute Gasteiger partial charge is 0.228 e. The molecule has 0 unspecified atom stereocenters. The number of rotatable bonds is 2. The summed E-state index contributed by atoms with van der Waals surface area (Å²) < 4.78 is 0. The number of fused-ring (bicyclic) bond motifs is 1. The summed E-state index contributed by atoms with van der Waals surface area (Å²) in [4.78, 5) is 19.3. The van der Waals surface area contributed by atoms with Gasteiger partial charge in [-0.05, 0) is 37.8 Å². The largest absolute Gasteiger partial charge is 0.342 e. The van der Waals surface area contributed by atoms with Crippen molar-refractivity contribution in [2.75, 3.05) is 26.2 Å². The highest BCUT2D eigenvalue weighted by molar-refractivity contribution is 7.09. The molecule has 1 N–H and O–H groups in total. The molecule has 7 heteroatoms. The van der Waals surface area contributed by atoms with Gasteiger partial charge in [-0.3, -0.25) is 4.79 Å². The molecule has 0 bridgehead atoms. The van der Waals surface area contributed by atoms with Crippen molar-refractivity contribution < 1.29 is 4.79 Å². The molecular weight excluding hydrogens is 365 g/mol. The van der Waals surface area contributed by atoms with Gasteiger partial charge in [0.25, 0.3) is 0 Å². The summed E-state index contributed by atoms with van der Waals surface area (Å²) in [6.07, 6.45) is 2.75. The molecule has 24 heavy (non-hydrogen) atoms. The number of aromatic nitrogens is 1. The molecular formula is C17H29Cl2N3OS. The van der Waals surface area contributed by atoms with E-state index in [4.69, 9.17) is 0 Å². The molecule has 2 saturated heterocycles. The zero-order chi connectivity index (χ0) is 15.7. The summed E-state index contributed by atoms with van der Waals surface area (Å²) in [5.74, 6) is 1.79. The van der Waals surface area contributed by atoms with E-state index in [0.29, 0.717) is 6.42 Å². The summed E-state index contributed by atoms with van der Waals surface area (Å²) in [6.45, 7) is 10.6. The third-order valence-electron chi connectivity index (χ3n) is 4.90. The van der Waals surface area contributed by atoms with E-state index < -0.39 is 0 Å². The Balaban J connectivity index is 0.00000144. The van der Waals surface area contributed by atoms with Crippen molar-refractivity contribution in [3.63, 3.8) is 0 Å². The molecule has 2 aliphatic heterocycles. The van der Waals surface area contributed by atoms with Gasteiger partial charge in [-0.2, -0.15) is 0 Å². The average Bonchev–Trinajstić information content (AvgIpc) is 3.04. The van der Waals surface area contributed by atoms with E-state index in [0.717, 1.165) is 61.6 Å². The number of thiazole rings is 1. The van der Waals surface area contributed by atoms with E-state index >= 15 is 0 Å². The van der Waals surface area contributed by atoms with Crippen LogP contribution in [-0.2, 0) is 16.6 Å². The molecule has 1 aromatic heterocycles. The van der Waals surface area contributed by atoms with Crippen molar-refractivity contribution in [2.45, 2.75) is 45.4 Å². The number of nitrogens with zero attached hydrogens (tertiary/aromatic N) is 2. The minimum absolute atomic E-state index is 0. The van der Waals surface area contributed by atoms with E-state index in [1.165, 1.54) is 0 Å². The third-order valence-corrected chi connectivity index (χ3v) is 6.21. The first kappa shape index (κ1) is 21.7. The molecule has 0 saturated carbocycles. The molecule has 1 amide bonds. The predicted octanol–water partition coefficient (Wildman–Crippen LogP) is 3.28. The highest BCUT2D eigenvalue weighted by atomic mass is 35.5. The van der Waals surface area contributed by atoms with Crippen LogP contribution >= 0.6 is 36.2 Å². The third kappa shape index (κ3) is 5.07. The molecule has 138 valence electrons. The molecule has 0 spiro atoms. The summed E-state index contributed by atoms with van der Waals surface area (Å²) >= 11 is 1.67. The lowest BCUT2D eigenvalue weighted by Gasteiger charge is -2.20. The zero-order valence-corrected chi connectivity index (χ0v) is 17.2. The molecule has 3 heterocycles. The van der Waals surface area contributed by atoms with Crippen LogP contribution in [0.5, 0.6) is 0 Å². The SMILES string of the molecule is CC(C)(C)c1nc(CC(=O)N2CC[C@@H]3CNC[C@@H]3CC2)cs1.Cl.Cl. The number of halogens is 2. The van der Waals surface area contributed by atoms with Crippen molar-refractivity contribution in [1.82, 2.24) is 15.2 Å². The van der Waals surface area contributed by atoms with Gasteiger partial charge in [0.05, 0.1) is 17.1 Å². The molecule has 2 fully saturated rings. The number of carbonyl (C=O) groups excluding carboxylic acids is 1. The minimum Gasteiger partial charge on any atom is -0.342 e. The number of hydrogen-bond donors (Lipinski definition) is 1. The van der Waals surface area contributed by atoms with Crippen LogP contribution in [-0.4, -0.2) is 42.0 Å². The highest BCUT2D eigenvalue weighted by Gasteiger charge is 2.31. The van der Waals surface area contributed by atoms with Crippen LogP contribution in [0.15, 0.2) is 5.38 Å². The van der Waals surface area contributed by atoms with Gasteiger partial charge in [-0.1, -0.05) is 20.8 Å². The van der Waals surface area contributed by atoms with E-state index in [1.807, 2.05) is 0 Å². The first-order chi connectivity index (χ1) is 10.4. The quantitative estimate of drug-likeness (QED) is 0.837. The normalized spacial score (nSPS) is 23.7. The first-order valence-electron chi connectivity index (χ1n) is 8.37. The maximum atomic E-state index is 12.6. The number of likely N-dealkylation sites (tertiary alicyclic amines) is 1. The Bertz CT molecular complexity index is 530. The van der Waals surface area contributed by atoms with Gasteiger partial charge in [0.1, 0.15) is 0 Å². The van der Waals surface area contributed by atoms with Gasteiger partial charge in [0.2, 0.25) is 5.91 Å². The van der Waals surface area contributed by atoms with Crippen LogP contribution < -0.4 is 5.32 Å². The molecule has 1 aromatic rings. The maximum Gasteiger partial charge on any atom is 0.228 e. The van der Waals surface area contributed by atoms with E-state index in [1.54, 1.807) is 11.3 Å². The second-order valence-electron chi connectivity index (χ2n) is 7.71. The van der Waals surface area contributed by atoms with Gasteiger partial charge < -0.3 is 10.2 Å². The Kier molecular flexibility index (Phi) is 7.98. The van der Waals surface area contributed by atoms with Crippen molar-refractivity contribution >= 4 is 42.1 Å². The fourth-order valence-corrected chi connectivity index (χ4v) is 4.37. The van der Waals surface area contributed by atoms with Gasteiger partial charge in [0, 0.05) is 23.9 Å². The predicted molar refractivity (Wildman–Crippen MR) is 105 cm³/mol. The number of carbonyl (C=O) groups is 1. The summed E-state index contributed by atoms with van der Waals surface area (Å²) in [5, 5.41) is 6.65. The molecule has 2 aliphatic rings. The van der Waals surface area contributed by atoms with Crippen LogP contribution in [0.4, 0.5) is 0 Å². The van der Waals surface area contributed by atoms with E-state index in [2.05, 4.69) is 41.4 Å². The van der Waals surface area contributed by atoms with Gasteiger partial charge in [0.15, 0.2) is 0 Å². The molecule has 0 aliphatic carbocycles. The average molecular weight is 394 g/mol. The van der Waals surface area contributed by atoms with Crippen LogP contribution in [0, 0.1) is 11.8 Å². The van der Waals surface area contributed by atoms with Crippen molar-refractivity contribution in [3.05, 3.63) is 16.1 Å². The Labute approximate surface area is 161 Å². The van der Waals surface area contributed by atoms with E-state index in [-0.39, 0.29) is 36.1 Å². The Morgan fingerprint density at radius 3 is 2.33 bits per heavy atom. The second-order valence-corrected chi connectivity index (χ2v) is 8.57. The lowest BCUT2D eigenvalue weighted by molar-refractivity contribution is -0.130. The topological polar surface area (TPSA) is 45.2 Å². The van der Waals surface area contributed by atoms with Crippen molar-refractivity contribution in [2.24, 2.45) is 11.8 Å². The first-order valence-corrected chi connectivity index (χ1v) is 9.25. The second kappa shape index (κ2) is 8.84. The number of nitrogens with one attached hydrogen (secondary N) is 1. The number of amides is 1. The van der Waals surface area contributed by atoms with E-state index in [9.17, 15) is 4.79 Å². The summed E-state index contributed by atoms with van der Waals surface area (Å²) in [5.41, 5.74) is 1.00. The Hall–Kier alpha value is -0.360. The lowest BCUT2D eigenvalue weighted by atomic mass is 9.92. The van der Waals surface area contributed by atoms with Crippen LogP contribution in [0.1, 0.15) is 44.3 Å². The van der Waals surface area contributed by atoms with Crippen LogP contribution in [0.3, 0.4) is 0 Å². The standard InChI is InChI=1S/C17H27N3OS.2ClH/c1-17(2,3)16-19-14(11-22-16)8-15(21)20-6-4-12-9-18-10-13(12)5-7-20;;/h11-13,18H,4-10H2,1-3H3;2*1H/t12-,13+;;. The van der Waals surface area contributed by atoms with Crippen molar-refractivity contribution in [3.8, 4) is 0 Å². The van der Waals surface area contributed by atoms with Gasteiger partial charge in [-0.25, -0.2) is 4.98 Å². The summed E-state index contributed by atoms with van der Waals surface area (Å²) in [7, 11) is 0. The van der Waals surface area contributed by atoms with Crippen LogP contribution in [0.25, 0.3) is 0 Å². The lowest BCUT2D eigenvalue weighted by Crippen LogP contribution is -2.34. The summed E-state index contributed by atoms with van der Waals surface area (Å²) in [6, 6.07) is 0. The zero-order valence-electron chi connectivity index (χ0n) is 14.7. The minimum atomic E-state index is 0.